The Labute approximate surface area is 203 Å². The Hall–Kier alpha value is -3.53. The normalized spacial score (nSPS) is 21.2. The van der Waals surface area contributed by atoms with Gasteiger partial charge in [0, 0.05) is 36.7 Å². The van der Waals surface area contributed by atoms with Crippen molar-refractivity contribution in [2.45, 2.75) is 57.1 Å². The lowest BCUT2D eigenvalue weighted by molar-refractivity contribution is 0.0921. The summed E-state index contributed by atoms with van der Waals surface area (Å²) in [6, 6.07) is 5.78. The average Bonchev–Trinajstić information content (AvgIpc) is 3.32. The minimum Gasteiger partial charge on any atom is -0.458 e. The minimum atomic E-state index is -0.487. The highest BCUT2D eigenvalue weighted by Gasteiger charge is 2.47. The number of aromatic nitrogens is 5. The van der Waals surface area contributed by atoms with E-state index >= 15 is 0 Å². The molecule has 4 heterocycles. The van der Waals surface area contributed by atoms with Gasteiger partial charge in [-0.05, 0) is 50.3 Å². The number of nitrogens with one attached hydrogen (secondary N) is 2. The molecule has 3 aromatic rings. The zero-order valence-corrected chi connectivity index (χ0v) is 20.1. The Morgan fingerprint density at radius 2 is 2.17 bits per heavy atom. The molecule has 184 valence electrons. The first-order valence-electron chi connectivity index (χ1n) is 12.1. The Morgan fingerprint density at radius 1 is 1.40 bits per heavy atom. The maximum atomic E-state index is 13.1. The summed E-state index contributed by atoms with van der Waals surface area (Å²) >= 11 is 0. The molecule has 1 aliphatic heterocycles. The van der Waals surface area contributed by atoms with Gasteiger partial charge in [0.05, 0.1) is 17.8 Å². The summed E-state index contributed by atoms with van der Waals surface area (Å²) < 4.78 is 5.69. The summed E-state index contributed by atoms with van der Waals surface area (Å²) in [7, 11) is 0. The zero-order chi connectivity index (χ0) is 24.6. The van der Waals surface area contributed by atoms with Crippen LogP contribution in [0.25, 0.3) is 11.0 Å². The molecule has 3 aromatic heterocycles. The van der Waals surface area contributed by atoms with E-state index in [1.54, 1.807) is 19.2 Å². The second kappa shape index (κ2) is 9.26. The molecule has 3 N–H and O–H groups in total. The maximum absolute atomic E-state index is 13.1. The molecule has 10 heteroatoms. The van der Waals surface area contributed by atoms with Crippen molar-refractivity contribution in [1.82, 2.24) is 30.5 Å². The molecule has 2 aliphatic rings. The highest BCUT2D eigenvalue weighted by Crippen LogP contribution is 2.44. The molecule has 0 radical (unpaired) electrons. The molecule has 1 unspecified atom stereocenters. The third kappa shape index (κ3) is 4.58. The van der Waals surface area contributed by atoms with Gasteiger partial charge in [0.15, 0.2) is 5.65 Å². The summed E-state index contributed by atoms with van der Waals surface area (Å²) in [5.41, 5.74) is 2.77. The quantitative estimate of drug-likeness (QED) is 0.423. The second-order valence-electron chi connectivity index (χ2n) is 9.44. The van der Waals surface area contributed by atoms with Crippen LogP contribution < -0.4 is 15.0 Å². The van der Waals surface area contributed by atoms with Gasteiger partial charge in [0.1, 0.15) is 17.6 Å². The van der Waals surface area contributed by atoms with Crippen LogP contribution in [0.15, 0.2) is 36.5 Å². The van der Waals surface area contributed by atoms with Gasteiger partial charge in [-0.1, -0.05) is 13.5 Å². The van der Waals surface area contributed by atoms with E-state index in [4.69, 9.17) is 4.74 Å². The molecule has 2 atom stereocenters. The highest BCUT2D eigenvalue weighted by atomic mass is 16.5. The monoisotopic (exact) mass is 477 g/mol. The number of fused-ring (bicyclic) bond motifs is 1. The molecule has 10 nitrogen and oxygen atoms in total. The van der Waals surface area contributed by atoms with Crippen LogP contribution in [0.5, 0.6) is 6.01 Å². The van der Waals surface area contributed by atoms with E-state index in [2.05, 4.69) is 41.9 Å². The summed E-state index contributed by atoms with van der Waals surface area (Å²) in [6.45, 7) is 9.11. The van der Waals surface area contributed by atoms with E-state index in [-0.39, 0.29) is 29.8 Å². The fraction of sp³-hybridized carbons (Fsp3) is 0.480. The van der Waals surface area contributed by atoms with Crippen LogP contribution in [-0.4, -0.2) is 67.5 Å². The van der Waals surface area contributed by atoms with Gasteiger partial charge in [-0.2, -0.15) is 15.1 Å². The number of piperidine rings is 1. The number of aromatic amines is 1. The minimum absolute atomic E-state index is 0.0841. The number of carbonyl (C=O) groups excluding carboxylic acids is 1. The van der Waals surface area contributed by atoms with Crippen molar-refractivity contribution in [2.75, 3.05) is 24.6 Å². The lowest BCUT2D eigenvalue weighted by Crippen LogP contribution is -2.38. The van der Waals surface area contributed by atoms with Gasteiger partial charge >= 0.3 is 6.01 Å². The molecule has 5 rings (SSSR count). The maximum Gasteiger partial charge on any atom is 0.319 e. The van der Waals surface area contributed by atoms with E-state index < -0.39 is 6.10 Å². The van der Waals surface area contributed by atoms with Crippen molar-refractivity contribution >= 4 is 22.8 Å². The first-order valence-corrected chi connectivity index (χ1v) is 12.1. The lowest BCUT2D eigenvalue weighted by atomic mass is 9.92. The van der Waals surface area contributed by atoms with Gasteiger partial charge in [0.25, 0.3) is 5.91 Å². The lowest BCUT2D eigenvalue weighted by Gasteiger charge is -2.32. The van der Waals surface area contributed by atoms with E-state index in [1.807, 2.05) is 19.1 Å². The molecular weight excluding hydrogens is 446 g/mol. The van der Waals surface area contributed by atoms with Crippen molar-refractivity contribution in [3.63, 3.8) is 0 Å². The first-order chi connectivity index (χ1) is 16.9. The number of anilines is 1. The fourth-order valence-electron chi connectivity index (χ4n) is 4.73. The molecule has 1 amide bonds. The number of carbonyl (C=O) groups is 1. The smallest absolute Gasteiger partial charge is 0.319 e. The fourth-order valence-corrected chi connectivity index (χ4v) is 4.73. The topological polar surface area (TPSA) is 129 Å². The number of ether oxygens (including phenoxy) is 1. The van der Waals surface area contributed by atoms with Crippen LogP contribution in [0.2, 0.25) is 0 Å². The van der Waals surface area contributed by atoms with Gasteiger partial charge in [-0.25, -0.2) is 4.98 Å². The average molecular weight is 478 g/mol. The number of nitrogens with zero attached hydrogens (tertiary/aromatic N) is 5. The van der Waals surface area contributed by atoms with E-state index in [9.17, 15) is 9.90 Å². The number of pyridine rings is 1. The number of hydrogen-bond acceptors (Lipinski definition) is 8. The first kappa shape index (κ1) is 23.2. The zero-order valence-electron chi connectivity index (χ0n) is 20.1. The van der Waals surface area contributed by atoms with Crippen LogP contribution in [0.3, 0.4) is 0 Å². The van der Waals surface area contributed by atoms with Crippen molar-refractivity contribution in [1.29, 1.82) is 0 Å². The molecule has 0 bridgehead atoms. The van der Waals surface area contributed by atoms with Crippen LogP contribution in [0.4, 0.5) is 5.82 Å². The van der Waals surface area contributed by atoms with Crippen molar-refractivity contribution < 1.29 is 14.6 Å². The SMILES string of the molecule is C=C1CC1(CC)NC(=O)c1cc(N2CCC(c3n[nH]c4ncccc34)CC2)nc(O[C@H](C)CO)n1. The predicted molar refractivity (Wildman–Crippen MR) is 132 cm³/mol. The third-order valence-corrected chi connectivity index (χ3v) is 7.08. The van der Waals surface area contributed by atoms with E-state index in [1.165, 1.54) is 0 Å². The summed E-state index contributed by atoms with van der Waals surface area (Å²) in [6.07, 6.45) is 4.62. The molecule has 1 saturated heterocycles. The van der Waals surface area contributed by atoms with Crippen molar-refractivity contribution in [2.24, 2.45) is 0 Å². The van der Waals surface area contributed by atoms with Crippen molar-refractivity contribution in [3.8, 4) is 6.01 Å². The molecule has 1 aliphatic carbocycles. The number of aliphatic hydroxyl groups excluding tert-OH is 1. The largest absolute Gasteiger partial charge is 0.458 e. The standard InChI is InChI=1S/C25H31N7O3/c1-4-25(13-15(25)2)29-23(34)19-12-20(28-24(27-19)35-16(3)14-33)32-10-7-17(8-11-32)21-18-6-5-9-26-22(18)31-30-21/h5-6,9,12,16-17,33H,2,4,7-8,10-11,13-14H2,1,3H3,(H,29,34)(H,26,30,31)/t16-,25?/m1/s1. The highest BCUT2D eigenvalue weighted by molar-refractivity contribution is 5.94. The molecule has 0 spiro atoms. The second-order valence-corrected chi connectivity index (χ2v) is 9.44. The Morgan fingerprint density at radius 3 is 2.86 bits per heavy atom. The molecule has 2 fully saturated rings. The summed E-state index contributed by atoms with van der Waals surface area (Å²) in [5, 5.41) is 21.1. The summed E-state index contributed by atoms with van der Waals surface area (Å²) in [5.74, 6) is 0.669. The van der Waals surface area contributed by atoms with Gasteiger partial charge in [-0.3, -0.25) is 9.89 Å². The third-order valence-electron chi connectivity index (χ3n) is 7.08. The number of aliphatic hydroxyl groups is 1. The van der Waals surface area contributed by atoms with Crippen LogP contribution >= 0.6 is 0 Å². The number of amides is 1. The van der Waals surface area contributed by atoms with Crippen LogP contribution in [-0.2, 0) is 0 Å². The molecule has 35 heavy (non-hydrogen) atoms. The molecule has 0 aromatic carbocycles. The summed E-state index contributed by atoms with van der Waals surface area (Å²) in [4.78, 5) is 28.5. The van der Waals surface area contributed by atoms with E-state index in [0.717, 1.165) is 61.1 Å². The van der Waals surface area contributed by atoms with Gasteiger partial charge in [-0.15, -0.1) is 0 Å². The van der Waals surface area contributed by atoms with Crippen molar-refractivity contribution in [3.05, 3.63) is 47.9 Å². The van der Waals surface area contributed by atoms with Crippen LogP contribution in [0.1, 0.15) is 61.6 Å². The Bertz CT molecular complexity index is 1250. The molecular formula is C25H31N7O3. The number of hydrogen-bond donors (Lipinski definition) is 3. The predicted octanol–water partition coefficient (Wildman–Crippen LogP) is 2.73. The molecule has 1 saturated carbocycles. The van der Waals surface area contributed by atoms with Crippen LogP contribution in [0, 0.1) is 0 Å². The van der Waals surface area contributed by atoms with E-state index in [0.29, 0.717) is 11.7 Å². The number of H-pyrrole nitrogens is 1. The Kier molecular flexibility index (Phi) is 6.14. The van der Waals surface area contributed by atoms with Gasteiger partial charge in [0.2, 0.25) is 0 Å². The Balaban J connectivity index is 1.35. The van der Waals surface area contributed by atoms with Gasteiger partial charge < -0.3 is 20.1 Å². The number of rotatable bonds is 8.